The van der Waals surface area contributed by atoms with Crippen molar-refractivity contribution >= 4 is 34.9 Å². The van der Waals surface area contributed by atoms with Crippen molar-refractivity contribution in [2.45, 2.75) is 39.8 Å². The van der Waals surface area contributed by atoms with Crippen molar-refractivity contribution in [3.05, 3.63) is 74.3 Å². The highest BCUT2D eigenvalue weighted by molar-refractivity contribution is 6.32. The van der Waals surface area contributed by atoms with E-state index in [1.807, 2.05) is 6.92 Å². The number of amides is 1. The molecule has 31 heavy (non-hydrogen) atoms. The minimum absolute atomic E-state index is 0.0293. The molecule has 0 saturated heterocycles. The number of carbonyl (C=O) groups excluding carboxylic acids is 3. The van der Waals surface area contributed by atoms with Crippen LogP contribution in [0, 0.1) is 23.0 Å². The van der Waals surface area contributed by atoms with Crippen LogP contribution in [-0.4, -0.2) is 34.7 Å². The Bertz CT molecular complexity index is 1000. The fourth-order valence-electron chi connectivity index (χ4n) is 2.77. The number of halogens is 1. The summed E-state index contributed by atoms with van der Waals surface area (Å²) in [4.78, 5) is 48.1. The second kappa shape index (κ2) is 10.2. The Balaban J connectivity index is 2.12. The Morgan fingerprint density at radius 3 is 2.16 bits per heavy atom. The number of benzene rings is 2. The van der Waals surface area contributed by atoms with Gasteiger partial charge in [0.25, 0.3) is 11.6 Å². The molecule has 0 fully saturated rings. The SMILES string of the molecule is Cc1ccc(C(=O)C(C)OC(=O)[C@@H](NC(=O)c2ccc(Cl)c([N+](=O)[O-])c2)C(C)C)cc1. The zero-order chi connectivity index (χ0) is 23.3. The highest BCUT2D eigenvalue weighted by Gasteiger charge is 2.30. The van der Waals surface area contributed by atoms with Crippen LogP contribution in [-0.2, 0) is 9.53 Å². The van der Waals surface area contributed by atoms with E-state index in [4.69, 9.17) is 16.3 Å². The molecule has 1 amide bonds. The maximum atomic E-state index is 12.7. The summed E-state index contributed by atoms with van der Waals surface area (Å²) in [6.07, 6.45) is -1.05. The zero-order valence-electron chi connectivity index (χ0n) is 17.5. The van der Waals surface area contributed by atoms with E-state index in [0.717, 1.165) is 11.6 Å². The number of hydrogen-bond acceptors (Lipinski definition) is 6. The van der Waals surface area contributed by atoms with Gasteiger partial charge < -0.3 is 10.1 Å². The highest BCUT2D eigenvalue weighted by Crippen LogP contribution is 2.25. The molecule has 0 bridgehead atoms. The van der Waals surface area contributed by atoms with E-state index in [0.29, 0.717) is 5.56 Å². The minimum atomic E-state index is -1.06. The molecule has 0 radical (unpaired) electrons. The molecule has 2 rings (SSSR count). The van der Waals surface area contributed by atoms with Crippen LogP contribution in [0.3, 0.4) is 0 Å². The summed E-state index contributed by atoms with van der Waals surface area (Å²) in [7, 11) is 0. The van der Waals surface area contributed by atoms with Gasteiger partial charge in [-0.2, -0.15) is 0 Å². The van der Waals surface area contributed by atoms with Crippen molar-refractivity contribution in [1.82, 2.24) is 5.32 Å². The Morgan fingerprint density at radius 1 is 1.03 bits per heavy atom. The lowest BCUT2D eigenvalue weighted by molar-refractivity contribution is -0.384. The molecule has 2 aromatic rings. The molecule has 8 nitrogen and oxygen atoms in total. The summed E-state index contributed by atoms with van der Waals surface area (Å²) < 4.78 is 5.31. The summed E-state index contributed by atoms with van der Waals surface area (Å²) in [6, 6.07) is 9.39. The number of carbonyl (C=O) groups is 3. The minimum Gasteiger partial charge on any atom is -0.453 e. The van der Waals surface area contributed by atoms with Crippen LogP contribution in [0.25, 0.3) is 0 Å². The number of rotatable bonds is 8. The van der Waals surface area contributed by atoms with Crippen molar-refractivity contribution in [2.24, 2.45) is 5.92 Å². The topological polar surface area (TPSA) is 116 Å². The number of aryl methyl sites for hydroxylation is 1. The first-order chi connectivity index (χ1) is 14.5. The number of ether oxygens (including phenoxy) is 1. The van der Waals surface area contributed by atoms with Gasteiger partial charge in [0.1, 0.15) is 11.1 Å². The quantitative estimate of drug-likeness (QED) is 0.282. The molecule has 0 saturated carbocycles. The smallest absolute Gasteiger partial charge is 0.329 e. The zero-order valence-corrected chi connectivity index (χ0v) is 18.3. The van der Waals surface area contributed by atoms with E-state index in [9.17, 15) is 24.5 Å². The molecule has 0 spiro atoms. The summed E-state index contributed by atoms with van der Waals surface area (Å²) in [5, 5.41) is 13.5. The maximum absolute atomic E-state index is 12.7. The Kier molecular flexibility index (Phi) is 7.88. The molecular formula is C22H23ClN2O6. The second-order valence-corrected chi connectivity index (χ2v) is 7.84. The maximum Gasteiger partial charge on any atom is 0.329 e. The second-order valence-electron chi connectivity index (χ2n) is 7.43. The summed E-state index contributed by atoms with van der Waals surface area (Å²) in [5.41, 5.74) is 0.948. The number of nitrogens with one attached hydrogen (secondary N) is 1. The number of ketones is 1. The van der Waals surface area contributed by atoms with E-state index in [-0.39, 0.29) is 22.3 Å². The first-order valence-electron chi connectivity index (χ1n) is 9.57. The number of esters is 1. The first-order valence-corrected chi connectivity index (χ1v) is 9.95. The van der Waals surface area contributed by atoms with Crippen molar-refractivity contribution in [3.8, 4) is 0 Å². The van der Waals surface area contributed by atoms with E-state index in [1.165, 1.54) is 19.1 Å². The van der Waals surface area contributed by atoms with Crippen molar-refractivity contribution in [1.29, 1.82) is 0 Å². The van der Waals surface area contributed by atoms with Gasteiger partial charge in [0.2, 0.25) is 5.78 Å². The van der Waals surface area contributed by atoms with Gasteiger partial charge in [0, 0.05) is 17.2 Å². The molecule has 2 aromatic carbocycles. The average Bonchev–Trinajstić information content (AvgIpc) is 2.71. The molecular weight excluding hydrogens is 424 g/mol. The van der Waals surface area contributed by atoms with Crippen LogP contribution < -0.4 is 5.32 Å². The molecule has 0 heterocycles. The molecule has 9 heteroatoms. The van der Waals surface area contributed by atoms with E-state index in [2.05, 4.69) is 5.32 Å². The van der Waals surface area contributed by atoms with Gasteiger partial charge in [-0.1, -0.05) is 55.3 Å². The van der Waals surface area contributed by atoms with Gasteiger partial charge in [0.05, 0.1) is 4.92 Å². The molecule has 2 atom stereocenters. The lowest BCUT2D eigenvalue weighted by atomic mass is 10.0. The van der Waals surface area contributed by atoms with E-state index < -0.39 is 34.6 Å². The van der Waals surface area contributed by atoms with Gasteiger partial charge >= 0.3 is 5.97 Å². The average molecular weight is 447 g/mol. The molecule has 0 aromatic heterocycles. The molecule has 0 aliphatic carbocycles. The highest BCUT2D eigenvalue weighted by atomic mass is 35.5. The van der Waals surface area contributed by atoms with Crippen LogP contribution >= 0.6 is 11.6 Å². The molecule has 0 aliphatic heterocycles. The molecule has 0 aliphatic rings. The largest absolute Gasteiger partial charge is 0.453 e. The normalized spacial score (nSPS) is 12.7. The van der Waals surface area contributed by atoms with Crippen LogP contribution in [0.4, 0.5) is 5.69 Å². The van der Waals surface area contributed by atoms with Crippen LogP contribution in [0.15, 0.2) is 42.5 Å². The van der Waals surface area contributed by atoms with Crippen molar-refractivity contribution in [2.75, 3.05) is 0 Å². The summed E-state index contributed by atoms with van der Waals surface area (Å²) in [6.45, 7) is 6.75. The lowest BCUT2D eigenvalue weighted by Gasteiger charge is -2.23. The summed E-state index contributed by atoms with van der Waals surface area (Å²) in [5.74, 6) is -2.20. The lowest BCUT2D eigenvalue weighted by Crippen LogP contribution is -2.46. The monoisotopic (exact) mass is 446 g/mol. The van der Waals surface area contributed by atoms with E-state index in [1.54, 1.807) is 38.1 Å². The third-order valence-electron chi connectivity index (χ3n) is 4.61. The number of nitrogens with zero attached hydrogens (tertiary/aromatic N) is 1. The van der Waals surface area contributed by atoms with Gasteiger partial charge in [-0.05, 0) is 31.9 Å². The van der Waals surface area contributed by atoms with Crippen molar-refractivity contribution in [3.63, 3.8) is 0 Å². The van der Waals surface area contributed by atoms with E-state index >= 15 is 0 Å². The van der Waals surface area contributed by atoms with Crippen LogP contribution in [0.1, 0.15) is 47.1 Å². The van der Waals surface area contributed by atoms with Gasteiger partial charge in [0.15, 0.2) is 6.10 Å². The van der Waals surface area contributed by atoms with Gasteiger partial charge in [-0.3, -0.25) is 19.7 Å². The molecule has 1 N–H and O–H groups in total. The number of nitro benzene ring substituents is 1. The first kappa shape index (κ1) is 24.0. The standard InChI is InChI=1S/C22H23ClN2O6/c1-12(2)19(24-21(27)16-9-10-17(23)18(11-16)25(29)30)22(28)31-14(4)20(26)15-7-5-13(3)6-8-15/h5-12,14,19H,1-4H3,(H,24,27)/t14?,19-/m0/s1. The predicted octanol–water partition coefficient (Wildman–Crippen LogP) is 4.13. The third-order valence-corrected chi connectivity index (χ3v) is 4.93. The Labute approximate surface area is 184 Å². The number of nitro groups is 1. The Hall–Kier alpha value is -3.26. The Morgan fingerprint density at radius 2 is 1.61 bits per heavy atom. The van der Waals surface area contributed by atoms with Crippen LogP contribution in [0.5, 0.6) is 0 Å². The molecule has 1 unspecified atom stereocenters. The van der Waals surface area contributed by atoms with Crippen LogP contribution in [0.2, 0.25) is 5.02 Å². The fraction of sp³-hybridized carbons (Fsp3) is 0.318. The number of hydrogen-bond donors (Lipinski definition) is 1. The predicted molar refractivity (Wildman–Crippen MR) is 115 cm³/mol. The van der Waals surface area contributed by atoms with Gasteiger partial charge in [-0.15, -0.1) is 0 Å². The fourth-order valence-corrected chi connectivity index (χ4v) is 2.96. The van der Waals surface area contributed by atoms with Crippen molar-refractivity contribution < 1.29 is 24.0 Å². The summed E-state index contributed by atoms with van der Waals surface area (Å²) >= 11 is 5.77. The number of Topliss-reactive ketones (excluding diaryl/α,β-unsaturated/α-hetero) is 1. The third kappa shape index (κ3) is 6.11. The molecule has 164 valence electrons. The van der Waals surface area contributed by atoms with Gasteiger partial charge in [-0.25, -0.2) is 4.79 Å².